The topological polar surface area (TPSA) is 0 Å². The van der Waals surface area contributed by atoms with E-state index in [0.717, 1.165) is 5.92 Å². The summed E-state index contributed by atoms with van der Waals surface area (Å²) in [5.74, 6) is 1.42. The molecule has 0 amide bonds. The number of allylic oxidation sites excluding steroid dienone is 4. The molecule has 0 radical (unpaired) electrons. The SMILES string of the molecule is CCCC1=CC(CC)C=C1C(C)C. The Labute approximate surface area is 82.7 Å². The molecule has 0 saturated heterocycles. The van der Waals surface area contributed by atoms with Gasteiger partial charge in [0.15, 0.2) is 0 Å². The molecule has 0 bridgehead atoms. The van der Waals surface area contributed by atoms with E-state index in [9.17, 15) is 0 Å². The Morgan fingerprint density at radius 2 is 1.92 bits per heavy atom. The third-order valence-corrected chi connectivity index (χ3v) is 2.79. The Morgan fingerprint density at radius 1 is 1.23 bits per heavy atom. The van der Waals surface area contributed by atoms with Crippen molar-refractivity contribution in [2.24, 2.45) is 11.8 Å². The summed E-state index contributed by atoms with van der Waals surface area (Å²) in [5.41, 5.74) is 3.22. The highest BCUT2D eigenvalue weighted by Gasteiger charge is 2.17. The average molecular weight is 178 g/mol. The van der Waals surface area contributed by atoms with Crippen LogP contribution in [-0.4, -0.2) is 0 Å². The third-order valence-electron chi connectivity index (χ3n) is 2.79. The van der Waals surface area contributed by atoms with E-state index in [0.29, 0.717) is 5.92 Å². The van der Waals surface area contributed by atoms with Gasteiger partial charge in [0.2, 0.25) is 0 Å². The summed E-state index contributed by atoms with van der Waals surface area (Å²) in [7, 11) is 0. The summed E-state index contributed by atoms with van der Waals surface area (Å²) in [6, 6.07) is 0. The first-order chi connectivity index (χ1) is 6.19. The zero-order chi connectivity index (χ0) is 9.84. The Hall–Kier alpha value is -0.520. The second kappa shape index (κ2) is 4.64. The maximum Gasteiger partial charge on any atom is -0.00442 e. The summed E-state index contributed by atoms with van der Waals surface area (Å²) in [5, 5.41) is 0. The Bertz CT molecular complexity index is 218. The van der Waals surface area contributed by atoms with Gasteiger partial charge < -0.3 is 0 Å². The van der Waals surface area contributed by atoms with Crippen molar-refractivity contribution in [3.8, 4) is 0 Å². The van der Waals surface area contributed by atoms with E-state index in [1.54, 1.807) is 11.1 Å². The summed E-state index contributed by atoms with van der Waals surface area (Å²) in [4.78, 5) is 0. The molecule has 0 spiro atoms. The molecule has 1 rings (SSSR count). The molecule has 0 aliphatic heterocycles. The van der Waals surface area contributed by atoms with Gasteiger partial charge in [-0.1, -0.05) is 46.3 Å². The molecule has 0 heterocycles. The van der Waals surface area contributed by atoms with E-state index >= 15 is 0 Å². The summed E-state index contributed by atoms with van der Waals surface area (Å²) in [6.07, 6.45) is 8.73. The summed E-state index contributed by atoms with van der Waals surface area (Å²) >= 11 is 0. The lowest BCUT2D eigenvalue weighted by Crippen LogP contribution is -1.95. The van der Waals surface area contributed by atoms with Crippen molar-refractivity contribution in [1.29, 1.82) is 0 Å². The van der Waals surface area contributed by atoms with Gasteiger partial charge in [-0.25, -0.2) is 0 Å². The summed E-state index contributed by atoms with van der Waals surface area (Å²) < 4.78 is 0. The van der Waals surface area contributed by atoms with Gasteiger partial charge in [0.25, 0.3) is 0 Å². The van der Waals surface area contributed by atoms with Gasteiger partial charge in [-0.2, -0.15) is 0 Å². The van der Waals surface area contributed by atoms with Crippen LogP contribution >= 0.6 is 0 Å². The molecule has 0 aromatic rings. The molecule has 0 aromatic carbocycles. The normalized spacial score (nSPS) is 22.1. The van der Waals surface area contributed by atoms with Crippen molar-refractivity contribution in [1.82, 2.24) is 0 Å². The highest BCUT2D eigenvalue weighted by atomic mass is 14.2. The zero-order valence-electron chi connectivity index (χ0n) is 9.43. The lowest BCUT2D eigenvalue weighted by Gasteiger charge is -2.10. The van der Waals surface area contributed by atoms with Crippen molar-refractivity contribution in [2.45, 2.75) is 47.0 Å². The van der Waals surface area contributed by atoms with Crippen LogP contribution in [0, 0.1) is 11.8 Å². The maximum atomic E-state index is 2.47. The van der Waals surface area contributed by atoms with Gasteiger partial charge in [0.1, 0.15) is 0 Å². The van der Waals surface area contributed by atoms with Crippen LogP contribution in [0.4, 0.5) is 0 Å². The molecule has 0 nitrogen and oxygen atoms in total. The van der Waals surface area contributed by atoms with Crippen LogP contribution in [0.25, 0.3) is 0 Å². The minimum atomic E-state index is 0.703. The van der Waals surface area contributed by atoms with Gasteiger partial charge in [-0.05, 0) is 35.8 Å². The summed E-state index contributed by atoms with van der Waals surface area (Å²) in [6.45, 7) is 9.13. The number of hydrogen-bond acceptors (Lipinski definition) is 0. The Balaban J connectivity index is 2.75. The predicted octanol–water partition coefficient (Wildman–Crippen LogP) is 4.34. The van der Waals surface area contributed by atoms with E-state index in [4.69, 9.17) is 0 Å². The second-order valence-electron chi connectivity index (χ2n) is 4.29. The smallest absolute Gasteiger partial charge is 0.00442 e. The molecular formula is C13H22. The van der Waals surface area contributed by atoms with Gasteiger partial charge in [-0.15, -0.1) is 0 Å². The first-order valence-electron chi connectivity index (χ1n) is 5.61. The molecular weight excluding hydrogens is 156 g/mol. The first kappa shape index (κ1) is 10.6. The lowest BCUT2D eigenvalue weighted by atomic mass is 9.95. The van der Waals surface area contributed by atoms with Crippen LogP contribution < -0.4 is 0 Å². The minimum Gasteiger partial charge on any atom is -0.0741 e. The van der Waals surface area contributed by atoms with Crippen molar-refractivity contribution < 1.29 is 0 Å². The van der Waals surface area contributed by atoms with E-state index in [1.165, 1.54) is 19.3 Å². The van der Waals surface area contributed by atoms with Crippen molar-refractivity contribution >= 4 is 0 Å². The molecule has 0 N–H and O–H groups in total. The Kier molecular flexibility index (Phi) is 3.77. The minimum absolute atomic E-state index is 0.703. The van der Waals surface area contributed by atoms with Crippen LogP contribution in [-0.2, 0) is 0 Å². The fourth-order valence-electron chi connectivity index (χ4n) is 2.04. The molecule has 0 heteroatoms. The fourth-order valence-corrected chi connectivity index (χ4v) is 2.04. The monoisotopic (exact) mass is 178 g/mol. The second-order valence-corrected chi connectivity index (χ2v) is 4.29. The maximum absolute atomic E-state index is 2.47. The number of rotatable bonds is 4. The molecule has 1 aliphatic carbocycles. The molecule has 1 unspecified atom stereocenters. The standard InChI is InChI=1S/C13H22/c1-5-7-12-8-11(6-2)9-13(12)10(3)4/h8-11H,5-7H2,1-4H3. The quantitative estimate of drug-likeness (QED) is 0.601. The highest BCUT2D eigenvalue weighted by molar-refractivity contribution is 5.40. The molecule has 1 atom stereocenters. The Morgan fingerprint density at radius 3 is 2.38 bits per heavy atom. The lowest BCUT2D eigenvalue weighted by molar-refractivity contribution is 0.747. The molecule has 0 fully saturated rings. The molecule has 74 valence electrons. The third kappa shape index (κ3) is 2.46. The fraction of sp³-hybridized carbons (Fsp3) is 0.692. The van der Waals surface area contributed by atoms with Gasteiger partial charge in [0.05, 0.1) is 0 Å². The van der Waals surface area contributed by atoms with Crippen LogP contribution in [0.5, 0.6) is 0 Å². The van der Waals surface area contributed by atoms with Crippen LogP contribution in [0.3, 0.4) is 0 Å². The largest absolute Gasteiger partial charge is 0.0741 e. The van der Waals surface area contributed by atoms with Gasteiger partial charge in [-0.3, -0.25) is 0 Å². The zero-order valence-corrected chi connectivity index (χ0v) is 9.43. The van der Waals surface area contributed by atoms with E-state index in [2.05, 4.69) is 39.8 Å². The molecule has 1 aliphatic rings. The van der Waals surface area contributed by atoms with Gasteiger partial charge in [0, 0.05) is 0 Å². The van der Waals surface area contributed by atoms with Crippen LogP contribution in [0.2, 0.25) is 0 Å². The van der Waals surface area contributed by atoms with Crippen molar-refractivity contribution in [3.05, 3.63) is 23.3 Å². The van der Waals surface area contributed by atoms with Gasteiger partial charge >= 0.3 is 0 Å². The van der Waals surface area contributed by atoms with E-state index < -0.39 is 0 Å². The van der Waals surface area contributed by atoms with E-state index in [1.807, 2.05) is 0 Å². The first-order valence-corrected chi connectivity index (χ1v) is 5.61. The molecule has 0 saturated carbocycles. The average Bonchev–Trinajstić information content (AvgIpc) is 2.48. The number of hydrogen-bond donors (Lipinski definition) is 0. The molecule has 0 aromatic heterocycles. The predicted molar refractivity (Wildman–Crippen MR) is 59.7 cm³/mol. The van der Waals surface area contributed by atoms with E-state index in [-0.39, 0.29) is 0 Å². The van der Waals surface area contributed by atoms with Crippen molar-refractivity contribution in [3.63, 3.8) is 0 Å². The van der Waals surface area contributed by atoms with Crippen LogP contribution in [0.1, 0.15) is 47.0 Å². The van der Waals surface area contributed by atoms with Crippen molar-refractivity contribution in [2.75, 3.05) is 0 Å². The highest BCUT2D eigenvalue weighted by Crippen LogP contribution is 2.33. The molecule has 13 heavy (non-hydrogen) atoms. The van der Waals surface area contributed by atoms with Crippen LogP contribution in [0.15, 0.2) is 23.3 Å².